The highest BCUT2D eigenvalue weighted by atomic mass is 79.9. The molecule has 1 aliphatic rings. The van der Waals surface area contributed by atoms with Gasteiger partial charge in [0.25, 0.3) is 0 Å². The first kappa shape index (κ1) is 13.5. The first-order valence-electron chi connectivity index (χ1n) is 6.48. The second-order valence-corrected chi connectivity index (χ2v) is 5.55. The number of hydrogen-bond donors (Lipinski definition) is 1. The number of benzene rings is 1. The van der Waals surface area contributed by atoms with Crippen molar-refractivity contribution < 1.29 is 9.13 Å². The van der Waals surface area contributed by atoms with Crippen LogP contribution in [0.1, 0.15) is 23.6 Å². The molecule has 1 unspecified atom stereocenters. The molecule has 0 spiro atoms. The van der Waals surface area contributed by atoms with Crippen LogP contribution in [0.15, 0.2) is 41.1 Å². The summed E-state index contributed by atoms with van der Waals surface area (Å²) in [6, 6.07) is 7.86. The van der Waals surface area contributed by atoms with Gasteiger partial charge in [-0.25, -0.2) is 4.39 Å². The SMILES string of the molecule is Fc1cnccc1CNC1CCOc2c(Br)cccc21. The third-order valence-electron chi connectivity index (χ3n) is 3.42. The molecule has 3 rings (SSSR count). The predicted octanol–water partition coefficient (Wildman–Crippen LogP) is 3.60. The van der Waals surface area contributed by atoms with Crippen molar-refractivity contribution in [3.63, 3.8) is 0 Å². The summed E-state index contributed by atoms with van der Waals surface area (Å²) < 4.78 is 20.2. The van der Waals surface area contributed by atoms with Crippen LogP contribution in [0, 0.1) is 5.82 Å². The zero-order chi connectivity index (χ0) is 13.9. The Bertz CT molecular complexity index is 621. The Kier molecular flexibility index (Phi) is 3.98. The summed E-state index contributed by atoms with van der Waals surface area (Å²) >= 11 is 3.50. The summed E-state index contributed by atoms with van der Waals surface area (Å²) in [5, 5.41) is 3.39. The molecular formula is C15H14BrFN2O. The third-order valence-corrected chi connectivity index (χ3v) is 4.05. The van der Waals surface area contributed by atoms with Crippen LogP contribution in [-0.2, 0) is 6.54 Å². The normalized spacial score (nSPS) is 17.4. The van der Waals surface area contributed by atoms with Crippen molar-refractivity contribution in [1.82, 2.24) is 10.3 Å². The lowest BCUT2D eigenvalue weighted by molar-refractivity contribution is 0.250. The summed E-state index contributed by atoms with van der Waals surface area (Å²) in [6.07, 6.45) is 3.72. The monoisotopic (exact) mass is 336 g/mol. The van der Waals surface area contributed by atoms with Crippen LogP contribution in [0.5, 0.6) is 5.75 Å². The molecule has 1 aromatic heterocycles. The van der Waals surface area contributed by atoms with Gasteiger partial charge in [0, 0.05) is 36.3 Å². The molecule has 0 radical (unpaired) electrons. The molecule has 0 fully saturated rings. The van der Waals surface area contributed by atoms with Crippen LogP contribution in [-0.4, -0.2) is 11.6 Å². The van der Waals surface area contributed by atoms with Crippen molar-refractivity contribution in [2.24, 2.45) is 0 Å². The van der Waals surface area contributed by atoms with Gasteiger partial charge in [0.1, 0.15) is 11.6 Å². The van der Waals surface area contributed by atoms with E-state index in [1.165, 1.54) is 6.20 Å². The first-order chi connectivity index (χ1) is 9.75. The van der Waals surface area contributed by atoms with Crippen LogP contribution >= 0.6 is 15.9 Å². The number of nitrogens with one attached hydrogen (secondary N) is 1. The molecular weight excluding hydrogens is 323 g/mol. The smallest absolute Gasteiger partial charge is 0.145 e. The van der Waals surface area contributed by atoms with Crippen molar-refractivity contribution >= 4 is 15.9 Å². The molecule has 1 N–H and O–H groups in total. The van der Waals surface area contributed by atoms with E-state index in [1.54, 1.807) is 12.3 Å². The Balaban J connectivity index is 1.77. The van der Waals surface area contributed by atoms with E-state index < -0.39 is 0 Å². The van der Waals surface area contributed by atoms with Crippen LogP contribution in [0.2, 0.25) is 0 Å². The number of aromatic nitrogens is 1. The molecule has 2 heterocycles. The maximum absolute atomic E-state index is 13.6. The summed E-state index contributed by atoms with van der Waals surface area (Å²) in [7, 11) is 0. The Hall–Kier alpha value is -1.46. The average molecular weight is 337 g/mol. The number of pyridine rings is 1. The van der Waals surface area contributed by atoms with Gasteiger partial charge in [0.15, 0.2) is 0 Å². The maximum Gasteiger partial charge on any atom is 0.145 e. The largest absolute Gasteiger partial charge is 0.492 e. The molecule has 0 amide bonds. The Morgan fingerprint density at radius 3 is 3.15 bits per heavy atom. The van der Waals surface area contributed by atoms with Crippen molar-refractivity contribution in [2.75, 3.05) is 6.61 Å². The van der Waals surface area contributed by atoms with E-state index in [9.17, 15) is 4.39 Å². The lowest BCUT2D eigenvalue weighted by Crippen LogP contribution is -2.27. The van der Waals surface area contributed by atoms with Crippen molar-refractivity contribution in [1.29, 1.82) is 0 Å². The standard InChI is InChI=1S/C15H14BrFN2O/c16-12-3-1-2-11-14(5-7-20-15(11)12)19-8-10-4-6-18-9-13(10)17/h1-4,6,9,14,19H,5,7-8H2. The van der Waals surface area contributed by atoms with Gasteiger partial charge in [-0.15, -0.1) is 0 Å². The van der Waals surface area contributed by atoms with Crippen LogP contribution in [0.25, 0.3) is 0 Å². The fourth-order valence-electron chi connectivity index (χ4n) is 2.38. The van der Waals surface area contributed by atoms with Gasteiger partial charge >= 0.3 is 0 Å². The number of fused-ring (bicyclic) bond motifs is 1. The molecule has 3 nitrogen and oxygen atoms in total. The molecule has 104 valence electrons. The maximum atomic E-state index is 13.6. The van der Waals surface area contributed by atoms with Crippen LogP contribution in [0.4, 0.5) is 4.39 Å². The van der Waals surface area contributed by atoms with Gasteiger partial charge in [0.05, 0.1) is 17.3 Å². The molecule has 1 aliphatic heterocycles. The zero-order valence-electron chi connectivity index (χ0n) is 10.8. The van der Waals surface area contributed by atoms with Crippen LogP contribution < -0.4 is 10.1 Å². The Labute approximate surface area is 125 Å². The molecule has 20 heavy (non-hydrogen) atoms. The Morgan fingerprint density at radius 2 is 2.30 bits per heavy atom. The van der Waals surface area contributed by atoms with Gasteiger partial charge in [-0.1, -0.05) is 12.1 Å². The van der Waals surface area contributed by atoms with Crippen molar-refractivity contribution in [3.05, 3.63) is 58.1 Å². The number of para-hydroxylation sites is 1. The molecule has 0 saturated heterocycles. The summed E-state index contributed by atoms with van der Waals surface area (Å²) in [4.78, 5) is 3.76. The molecule has 5 heteroatoms. The quantitative estimate of drug-likeness (QED) is 0.929. The number of ether oxygens (including phenoxy) is 1. The number of nitrogens with zero attached hydrogens (tertiary/aromatic N) is 1. The lowest BCUT2D eigenvalue weighted by atomic mass is 10.0. The van der Waals surface area contributed by atoms with E-state index in [0.717, 1.165) is 22.2 Å². The zero-order valence-corrected chi connectivity index (χ0v) is 12.4. The van der Waals surface area contributed by atoms with E-state index in [-0.39, 0.29) is 11.9 Å². The van der Waals surface area contributed by atoms with E-state index in [0.29, 0.717) is 18.7 Å². The van der Waals surface area contributed by atoms with E-state index in [4.69, 9.17) is 4.74 Å². The third kappa shape index (κ3) is 2.69. The molecule has 0 aliphatic carbocycles. The Morgan fingerprint density at radius 1 is 1.40 bits per heavy atom. The molecule has 1 aromatic carbocycles. The number of rotatable bonds is 3. The van der Waals surface area contributed by atoms with Gasteiger partial charge in [-0.2, -0.15) is 0 Å². The highest BCUT2D eigenvalue weighted by Crippen LogP contribution is 2.37. The minimum atomic E-state index is -0.276. The fraction of sp³-hybridized carbons (Fsp3) is 0.267. The van der Waals surface area contributed by atoms with E-state index in [2.05, 4.69) is 26.2 Å². The van der Waals surface area contributed by atoms with Crippen LogP contribution in [0.3, 0.4) is 0 Å². The highest BCUT2D eigenvalue weighted by molar-refractivity contribution is 9.10. The summed E-state index contributed by atoms with van der Waals surface area (Å²) in [5.41, 5.74) is 1.74. The van der Waals surface area contributed by atoms with Gasteiger partial charge in [-0.05, 0) is 28.1 Å². The number of hydrogen-bond acceptors (Lipinski definition) is 3. The number of halogens is 2. The minimum Gasteiger partial charge on any atom is -0.492 e. The van der Waals surface area contributed by atoms with E-state index in [1.807, 2.05) is 18.2 Å². The average Bonchev–Trinajstić information content (AvgIpc) is 2.47. The fourth-order valence-corrected chi connectivity index (χ4v) is 2.88. The van der Waals surface area contributed by atoms with Gasteiger partial charge in [-0.3, -0.25) is 4.98 Å². The van der Waals surface area contributed by atoms with Crippen molar-refractivity contribution in [2.45, 2.75) is 19.0 Å². The highest BCUT2D eigenvalue weighted by Gasteiger charge is 2.22. The lowest BCUT2D eigenvalue weighted by Gasteiger charge is -2.27. The molecule has 1 atom stereocenters. The van der Waals surface area contributed by atoms with Gasteiger partial charge < -0.3 is 10.1 Å². The molecule has 2 aromatic rings. The second kappa shape index (κ2) is 5.89. The molecule has 0 bridgehead atoms. The molecule has 0 saturated carbocycles. The summed E-state index contributed by atoms with van der Waals surface area (Å²) in [6.45, 7) is 1.14. The van der Waals surface area contributed by atoms with E-state index >= 15 is 0 Å². The van der Waals surface area contributed by atoms with Gasteiger partial charge in [0.2, 0.25) is 0 Å². The minimum absolute atomic E-state index is 0.170. The summed E-state index contributed by atoms with van der Waals surface area (Å²) in [5.74, 6) is 0.605. The first-order valence-corrected chi connectivity index (χ1v) is 7.28. The predicted molar refractivity (Wildman–Crippen MR) is 78.0 cm³/mol. The topological polar surface area (TPSA) is 34.2 Å². The second-order valence-electron chi connectivity index (χ2n) is 4.70. The van der Waals surface area contributed by atoms with Crippen molar-refractivity contribution in [3.8, 4) is 5.75 Å².